The highest BCUT2D eigenvalue weighted by atomic mass is 35.5. The molecule has 0 aromatic heterocycles. The van der Waals surface area contributed by atoms with Crippen LogP contribution in [-0.2, 0) is 27.8 Å². The highest BCUT2D eigenvalue weighted by Gasteiger charge is 2.52. The van der Waals surface area contributed by atoms with Crippen molar-refractivity contribution >= 4 is 39.1 Å². The lowest BCUT2D eigenvalue weighted by molar-refractivity contribution is -0.134. The summed E-state index contributed by atoms with van der Waals surface area (Å²) in [5, 5.41) is 3.73. The van der Waals surface area contributed by atoms with E-state index in [1.165, 1.54) is 22.5 Å². The molecule has 37 heavy (non-hydrogen) atoms. The molecule has 10 heteroatoms. The second-order valence-corrected chi connectivity index (χ2v) is 12.1. The van der Waals surface area contributed by atoms with Crippen LogP contribution in [0.15, 0.2) is 77.7 Å². The van der Waals surface area contributed by atoms with Gasteiger partial charge in [-0.05, 0) is 54.7 Å². The van der Waals surface area contributed by atoms with Crippen LogP contribution in [0.4, 0.5) is 4.39 Å². The predicted molar refractivity (Wildman–Crippen MR) is 141 cm³/mol. The number of carbonyl (C=O) groups excluding carboxylic acids is 1. The Morgan fingerprint density at radius 1 is 0.919 bits per heavy atom. The van der Waals surface area contributed by atoms with Crippen LogP contribution >= 0.6 is 23.2 Å². The third kappa shape index (κ3) is 5.13. The van der Waals surface area contributed by atoms with Gasteiger partial charge in [-0.1, -0.05) is 71.7 Å². The molecule has 3 aromatic rings. The Morgan fingerprint density at radius 3 is 2.27 bits per heavy atom. The summed E-state index contributed by atoms with van der Waals surface area (Å²) in [5.41, 5.74) is 1.11. The zero-order valence-electron chi connectivity index (χ0n) is 19.9. The zero-order valence-corrected chi connectivity index (χ0v) is 22.2. The lowest BCUT2D eigenvalue weighted by Crippen LogP contribution is -2.59. The van der Waals surface area contributed by atoms with Crippen molar-refractivity contribution in [2.24, 2.45) is 0 Å². The molecule has 0 saturated carbocycles. The highest BCUT2D eigenvalue weighted by molar-refractivity contribution is 7.89. The van der Waals surface area contributed by atoms with Crippen LogP contribution in [0, 0.1) is 5.82 Å². The van der Waals surface area contributed by atoms with Crippen LogP contribution in [0.25, 0.3) is 0 Å². The number of nitrogens with zero attached hydrogens (tertiary/aromatic N) is 2. The number of nitrogens with one attached hydrogen (secondary N) is 1. The van der Waals surface area contributed by atoms with Crippen molar-refractivity contribution in [3.63, 3.8) is 0 Å². The highest BCUT2D eigenvalue weighted by Crippen LogP contribution is 2.38. The first-order valence-corrected chi connectivity index (χ1v) is 14.2. The zero-order chi connectivity index (χ0) is 26.2. The molecule has 2 heterocycles. The standard InChI is InChI=1S/C27H26Cl2FN3O3S/c28-22-7-4-8-24(25(22)29)37(35,36)32-15-13-27(14-16-32)31-23(17-19-5-2-1-3-6-19)26(34)33(27)18-20-9-11-21(30)12-10-20/h1-12,23,31H,13-18H2. The molecule has 6 nitrogen and oxygen atoms in total. The molecular formula is C27H26Cl2FN3O3S. The number of hydrogen-bond donors (Lipinski definition) is 1. The van der Waals surface area contributed by atoms with Crippen molar-refractivity contribution in [2.45, 2.75) is 42.4 Å². The quantitative estimate of drug-likeness (QED) is 0.466. The van der Waals surface area contributed by atoms with Crippen LogP contribution in [0.3, 0.4) is 0 Å². The number of piperidine rings is 1. The Bertz CT molecular complexity index is 1400. The van der Waals surface area contributed by atoms with Gasteiger partial charge in [-0.25, -0.2) is 12.8 Å². The minimum Gasteiger partial charge on any atom is -0.319 e. The lowest BCUT2D eigenvalue weighted by atomic mass is 9.96. The van der Waals surface area contributed by atoms with Crippen molar-refractivity contribution in [1.82, 2.24) is 14.5 Å². The molecule has 3 aromatic carbocycles. The van der Waals surface area contributed by atoms with Gasteiger partial charge < -0.3 is 4.90 Å². The van der Waals surface area contributed by atoms with Gasteiger partial charge in [0.2, 0.25) is 15.9 Å². The molecule has 194 valence electrons. The summed E-state index contributed by atoms with van der Waals surface area (Å²) < 4.78 is 41.7. The van der Waals surface area contributed by atoms with Gasteiger partial charge in [0.25, 0.3) is 0 Å². The monoisotopic (exact) mass is 561 g/mol. The van der Waals surface area contributed by atoms with E-state index in [1.54, 1.807) is 29.2 Å². The van der Waals surface area contributed by atoms with E-state index in [0.717, 1.165) is 11.1 Å². The Kier molecular flexibility index (Phi) is 7.31. The Labute approximate surface area is 226 Å². The molecule has 5 rings (SSSR count). The maximum absolute atomic E-state index is 13.7. The number of carbonyl (C=O) groups is 1. The summed E-state index contributed by atoms with van der Waals surface area (Å²) in [5.74, 6) is -0.396. The van der Waals surface area contributed by atoms with E-state index < -0.39 is 21.7 Å². The molecule has 2 fully saturated rings. The fraction of sp³-hybridized carbons (Fsp3) is 0.296. The van der Waals surface area contributed by atoms with Crippen LogP contribution in [-0.4, -0.2) is 48.3 Å². The maximum atomic E-state index is 13.7. The maximum Gasteiger partial charge on any atom is 0.244 e. The number of halogens is 3. The molecule has 0 aliphatic carbocycles. The summed E-state index contributed by atoms with van der Waals surface area (Å²) in [6.45, 7) is 0.692. The Morgan fingerprint density at radius 2 is 1.59 bits per heavy atom. The molecule has 0 radical (unpaired) electrons. The molecule has 2 aliphatic rings. The van der Waals surface area contributed by atoms with Gasteiger partial charge in [0.1, 0.15) is 10.7 Å². The van der Waals surface area contributed by atoms with E-state index in [4.69, 9.17) is 23.2 Å². The van der Waals surface area contributed by atoms with E-state index in [0.29, 0.717) is 25.8 Å². The van der Waals surface area contributed by atoms with Crippen molar-refractivity contribution in [1.29, 1.82) is 0 Å². The van der Waals surface area contributed by atoms with Gasteiger partial charge in [0.15, 0.2) is 0 Å². The predicted octanol–water partition coefficient (Wildman–Crippen LogP) is 4.86. The van der Waals surface area contributed by atoms with Crippen molar-refractivity contribution in [3.05, 3.63) is 99.8 Å². The molecule has 1 unspecified atom stereocenters. The number of hydrogen-bond acceptors (Lipinski definition) is 4. The SMILES string of the molecule is O=C1C(Cc2ccccc2)NC2(CCN(S(=O)(=O)c3cccc(Cl)c3Cl)CC2)N1Cc1ccc(F)cc1. The van der Waals surface area contributed by atoms with Crippen LogP contribution < -0.4 is 5.32 Å². The van der Waals surface area contributed by atoms with Gasteiger partial charge in [-0.15, -0.1) is 0 Å². The van der Waals surface area contributed by atoms with E-state index >= 15 is 0 Å². The molecule has 1 N–H and O–H groups in total. The third-order valence-corrected chi connectivity index (χ3v) is 10.0. The first-order chi connectivity index (χ1) is 17.7. The summed E-state index contributed by atoms with van der Waals surface area (Å²) in [6, 6.07) is 19.9. The van der Waals surface area contributed by atoms with Gasteiger partial charge >= 0.3 is 0 Å². The van der Waals surface area contributed by atoms with Gasteiger partial charge in [-0.3, -0.25) is 10.1 Å². The van der Waals surface area contributed by atoms with Crippen LogP contribution in [0.1, 0.15) is 24.0 Å². The number of amides is 1. The van der Waals surface area contributed by atoms with Gasteiger partial charge in [-0.2, -0.15) is 4.31 Å². The fourth-order valence-electron chi connectivity index (χ4n) is 5.19. The average molecular weight is 562 g/mol. The Balaban J connectivity index is 1.40. The van der Waals surface area contributed by atoms with Gasteiger partial charge in [0, 0.05) is 19.6 Å². The molecule has 1 spiro atoms. The average Bonchev–Trinajstić information content (AvgIpc) is 3.13. The smallest absolute Gasteiger partial charge is 0.244 e. The lowest BCUT2D eigenvalue weighted by Gasteiger charge is -2.44. The van der Waals surface area contributed by atoms with E-state index in [-0.39, 0.29) is 39.8 Å². The number of benzene rings is 3. The first-order valence-electron chi connectivity index (χ1n) is 12.0. The van der Waals surface area contributed by atoms with E-state index in [1.807, 2.05) is 30.3 Å². The minimum atomic E-state index is -3.87. The number of sulfonamides is 1. The molecule has 2 saturated heterocycles. The third-order valence-electron chi connectivity index (χ3n) is 7.14. The van der Waals surface area contributed by atoms with E-state index in [2.05, 4.69) is 5.32 Å². The molecule has 0 bridgehead atoms. The van der Waals surface area contributed by atoms with Crippen molar-refractivity contribution < 1.29 is 17.6 Å². The van der Waals surface area contributed by atoms with Crippen molar-refractivity contribution in [3.8, 4) is 0 Å². The normalized spacial score (nSPS) is 20.0. The molecule has 1 amide bonds. The summed E-state index contributed by atoms with van der Waals surface area (Å²) in [4.78, 5) is 15.4. The molecule has 2 aliphatic heterocycles. The summed E-state index contributed by atoms with van der Waals surface area (Å²) >= 11 is 12.3. The topological polar surface area (TPSA) is 69.7 Å². The summed E-state index contributed by atoms with van der Waals surface area (Å²) in [6.07, 6.45) is 1.30. The second-order valence-electron chi connectivity index (χ2n) is 9.43. The minimum absolute atomic E-state index is 0.000478. The number of rotatable bonds is 6. The van der Waals surface area contributed by atoms with Crippen molar-refractivity contribution in [2.75, 3.05) is 13.1 Å². The first kappa shape index (κ1) is 26.1. The molecule has 1 atom stereocenters. The second kappa shape index (κ2) is 10.3. The largest absolute Gasteiger partial charge is 0.319 e. The van der Waals surface area contributed by atoms with Gasteiger partial charge in [0.05, 0.1) is 21.7 Å². The fourth-order valence-corrected chi connectivity index (χ4v) is 7.36. The van der Waals surface area contributed by atoms with Crippen LogP contribution in [0.2, 0.25) is 10.0 Å². The van der Waals surface area contributed by atoms with Crippen LogP contribution in [0.5, 0.6) is 0 Å². The Hall–Kier alpha value is -2.49. The summed E-state index contributed by atoms with van der Waals surface area (Å²) in [7, 11) is -3.87. The van der Waals surface area contributed by atoms with E-state index in [9.17, 15) is 17.6 Å². The molecular weight excluding hydrogens is 536 g/mol.